The summed E-state index contributed by atoms with van der Waals surface area (Å²) in [5.74, 6) is -1.84. The van der Waals surface area contributed by atoms with Crippen LogP contribution in [0.2, 0.25) is 0 Å². The minimum absolute atomic E-state index is 0.109. The number of carbonyl (C=O) groups is 2. The number of anilines is 1. The number of benzene rings is 1. The predicted molar refractivity (Wildman–Crippen MR) is 77.7 cm³/mol. The van der Waals surface area contributed by atoms with E-state index in [0.29, 0.717) is 23.1 Å². The van der Waals surface area contributed by atoms with Gasteiger partial charge in [-0.15, -0.1) is 0 Å². The molecule has 21 heavy (non-hydrogen) atoms. The number of rotatable bonds is 3. The second-order valence-corrected chi connectivity index (χ2v) is 5.70. The van der Waals surface area contributed by atoms with Gasteiger partial charge >= 0.3 is 0 Å². The fraction of sp³-hybridized carbons (Fsp3) is 0.214. The van der Waals surface area contributed by atoms with Crippen molar-refractivity contribution in [3.8, 4) is 0 Å². The summed E-state index contributed by atoms with van der Waals surface area (Å²) in [6, 6.07) is 2.35. The molecule has 1 aromatic carbocycles. The lowest BCUT2D eigenvalue weighted by Crippen LogP contribution is -2.31. The van der Waals surface area contributed by atoms with E-state index in [2.05, 4.69) is 21.0 Å². The maximum atomic E-state index is 13.4. The standard InChI is InChI=1S/C14H11BrFN3O2/c1-18-7-8(6-17-18)2-3-19-12-10(13(20)14(19)21)4-9(16)5-11(12)15/h4-7H,2-3H2,1H3. The molecule has 0 saturated carbocycles. The molecule has 1 aliphatic heterocycles. The molecular formula is C14H11BrFN3O2. The van der Waals surface area contributed by atoms with Gasteiger partial charge in [0.15, 0.2) is 0 Å². The largest absolute Gasteiger partial charge is 0.303 e. The molecule has 0 saturated heterocycles. The molecule has 0 aliphatic carbocycles. The van der Waals surface area contributed by atoms with E-state index in [1.807, 2.05) is 13.2 Å². The minimum Gasteiger partial charge on any atom is -0.303 e. The van der Waals surface area contributed by atoms with Crippen molar-refractivity contribution >= 4 is 33.3 Å². The summed E-state index contributed by atoms with van der Waals surface area (Å²) in [4.78, 5) is 25.4. The first-order valence-electron chi connectivity index (χ1n) is 6.30. The molecule has 2 heterocycles. The normalized spacial score (nSPS) is 14.0. The molecule has 108 valence electrons. The monoisotopic (exact) mass is 351 g/mol. The highest BCUT2D eigenvalue weighted by molar-refractivity contribution is 9.10. The van der Waals surface area contributed by atoms with Crippen LogP contribution in [-0.4, -0.2) is 28.0 Å². The molecular weight excluding hydrogens is 341 g/mol. The van der Waals surface area contributed by atoms with Crippen molar-refractivity contribution < 1.29 is 14.0 Å². The maximum absolute atomic E-state index is 13.4. The first-order valence-corrected chi connectivity index (χ1v) is 7.09. The van der Waals surface area contributed by atoms with Crippen molar-refractivity contribution in [2.45, 2.75) is 6.42 Å². The zero-order chi connectivity index (χ0) is 15.1. The van der Waals surface area contributed by atoms with Crippen LogP contribution in [-0.2, 0) is 18.3 Å². The van der Waals surface area contributed by atoms with E-state index in [1.54, 1.807) is 10.9 Å². The molecule has 0 N–H and O–H groups in total. The summed E-state index contributed by atoms with van der Waals surface area (Å²) >= 11 is 3.22. The highest BCUT2D eigenvalue weighted by Crippen LogP contribution is 2.36. The van der Waals surface area contributed by atoms with Gasteiger partial charge in [-0.05, 0) is 40.0 Å². The van der Waals surface area contributed by atoms with Gasteiger partial charge in [-0.1, -0.05) is 0 Å². The molecule has 2 aromatic rings. The van der Waals surface area contributed by atoms with Gasteiger partial charge in [0.05, 0.1) is 17.4 Å². The summed E-state index contributed by atoms with van der Waals surface area (Å²) in [6.45, 7) is 0.341. The van der Waals surface area contributed by atoms with Crippen LogP contribution in [0.5, 0.6) is 0 Å². The van der Waals surface area contributed by atoms with E-state index in [-0.39, 0.29) is 5.56 Å². The zero-order valence-electron chi connectivity index (χ0n) is 11.1. The van der Waals surface area contributed by atoms with E-state index < -0.39 is 17.5 Å². The summed E-state index contributed by atoms with van der Waals surface area (Å²) in [5.41, 5.74) is 1.51. The van der Waals surface area contributed by atoms with Crippen LogP contribution in [0.15, 0.2) is 29.0 Å². The Morgan fingerprint density at radius 3 is 2.76 bits per heavy atom. The van der Waals surface area contributed by atoms with Crippen LogP contribution in [0, 0.1) is 5.82 Å². The Labute approximate surface area is 128 Å². The molecule has 0 radical (unpaired) electrons. The third kappa shape index (κ3) is 2.37. The number of nitrogens with zero attached hydrogens (tertiary/aromatic N) is 3. The van der Waals surface area contributed by atoms with Gasteiger partial charge in [0.1, 0.15) is 5.82 Å². The summed E-state index contributed by atoms with van der Waals surface area (Å²) in [7, 11) is 1.81. The quantitative estimate of drug-likeness (QED) is 0.795. The van der Waals surface area contributed by atoms with Crippen LogP contribution in [0.4, 0.5) is 10.1 Å². The highest BCUT2D eigenvalue weighted by atomic mass is 79.9. The number of aromatic nitrogens is 2. The summed E-state index contributed by atoms with van der Waals surface area (Å²) in [5, 5.41) is 4.06. The number of hydrogen-bond donors (Lipinski definition) is 0. The molecule has 0 bridgehead atoms. The lowest BCUT2D eigenvalue weighted by atomic mass is 10.1. The molecule has 7 heteroatoms. The fourth-order valence-corrected chi connectivity index (χ4v) is 3.05. The molecule has 0 spiro atoms. The first kappa shape index (κ1) is 13.9. The number of carbonyl (C=O) groups excluding carboxylic acids is 2. The fourth-order valence-electron chi connectivity index (χ4n) is 2.41. The molecule has 3 rings (SSSR count). The average Bonchev–Trinajstić information content (AvgIpc) is 2.93. The van der Waals surface area contributed by atoms with Gasteiger partial charge in [0.2, 0.25) is 0 Å². The van der Waals surface area contributed by atoms with Crippen molar-refractivity contribution in [2.24, 2.45) is 7.05 Å². The van der Waals surface area contributed by atoms with Gasteiger partial charge in [-0.3, -0.25) is 14.3 Å². The van der Waals surface area contributed by atoms with Gasteiger partial charge in [0, 0.05) is 24.3 Å². The first-order chi connectivity index (χ1) is 9.97. The Hall–Kier alpha value is -2.02. The van der Waals surface area contributed by atoms with Crippen LogP contribution in [0.1, 0.15) is 15.9 Å². The second-order valence-electron chi connectivity index (χ2n) is 4.84. The molecule has 1 aromatic heterocycles. The molecule has 0 unspecified atom stereocenters. The Balaban J connectivity index is 1.90. The Kier molecular flexibility index (Phi) is 3.36. The van der Waals surface area contributed by atoms with Crippen LogP contribution in [0.3, 0.4) is 0 Å². The maximum Gasteiger partial charge on any atom is 0.299 e. The number of halogens is 2. The third-order valence-electron chi connectivity index (χ3n) is 3.36. The van der Waals surface area contributed by atoms with Crippen LogP contribution >= 0.6 is 15.9 Å². The Morgan fingerprint density at radius 1 is 1.33 bits per heavy atom. The summed E-state index contributed by atoms with van der Waals surface area (Å²) in [6.07, 6.45) is 4.13. The number of amides is 1. The molecule has 0 atom stereocenters. The van der Waals surface area contributed by atoms with Gasteiger partial charge in [-0.25, -0.2) is 4.39 Å². The Bertz CT molecular complexity index is 757. The SMILES string of the molecule is Cn1cc(CCN2C(=O)C(=O)c3cc(F)cc(Br)c32)cn1. The van der Waals surface area contributed by atoms with Crippen molar-refractivity contribution in [1.29, 1.82) is 0 Å². The lowest BCUT2D eigenvalue weighted by molar-refractivity contribution is -0.114. The molecule has 5 nitrogen and oxygen atoms in total. The Morgan fingerprint density at radius 2 is 2.10 bits per heavy atom. The van der Waals surface area contributed by atoms with E-state index in [9.17, 15) is 14.0 Å². The molecule has 0 fully saturated rings. The van der Waals surface area contributed by atoms with Crippen molar-refractivity contribution in [3.63, 3.8) is 0 Å². The lowest BCUT2D eigenvalue weighted by Gasteiger charge is -2.17. The van der Waals surface area contributed by atoms with Crippen molar-refractivity contribution in [3.05, 3.63) is 45.9 Å². The van der Waals surface area contributed by atoms with E-state index >= 15 is 0 Å². The zero-order valence-corrected chi connectivity index (χ0v) is 12.7. The van der Waals surface area contributed by atoms with Gasteiger partial charge in [-0.2, -0.15) is 5.10 Å². The van der Waals surface area contributed by atoms with E-state index in [4.69, 9.17) is 0 Å². The van der Waals surface area contributed by atoms with Crippen molar-refractivity contribution in [1.82, 2.24) is 9.78 Å². The number of Topliss-reactive ketones (excluding diaryl/α,β-unsaturated/α-hetero) is 1. The van der Waals surface area contributed by atoms with Crippen molar-refractivity contribution in [2.75, 3.05) is 11.4 Å². The number of ketones is 1. The molecule has 1 amide bonds. The van der Waals surface area contributed by atoms with E-state index in [1.165, 1.54) is 11.0 Å². The second kappa shape index (κ2) is 5.07. The number of hydrogen-bond acceptors (Lipinski definition) is 3. The van der Waals surface area contributed by atoms with Crippen LogP contribution in [0.25, 0.3) is 0 Å². The minimum atomic E-state index is -0.670. The summed E-state index contributed by atoms with van der Waals surface area (Å²) < 4.78 is 15.5. The van der Waals surface area contributed by atoms with Gasteiger partial charge in [0.25, 0.3) is 11.7 Å². The average molecular weight is 352 g/mol. The van der Waals surface area contributed by atoms with Crippen LogP contribution < -0.4 is 4.90 Å². The van der Waals surface area contributed by atoms with E-state index in [0.717, 1.165) is 11.6 Å². The topological polar surface area (TPSA) is 55.2 Å². The third-order valence-corrected chi connectivity index (χ3v) is 3.97. The van der Waals surface area contributed by atoms with Gasteiger partial charge < -0.3 is 4.90 Å². The number of aryl methyl sites for hydroxylation is 1. The predicted octanol–water partition coefficient (Wildman–Crippen LogP) is 2.09. The smallest absolute Gasteiger partial charge is 0.299 e. The molecule has 1 aliphatic rings. The number of fused-ring (bicyclic) bond motifs is 1. The highest BCUT2D eigenvalue weighted by Gasteiger charge is 2.37.